The summed E-state index contributed by atoms with van der Waals surface area (Å²) >= 11 is 1.46. The number of hydrogen-bond donors (Lipinski definition) is 0. The summed E-state index contributed by atoms with van der Waals surface area (Å²) in [4.78, 5) is 0. The van der Waals surface area contributed by atoms with Crippen LogP contribution in [0.2, 0.25) is 0 Å². The van der Waals surface area contributed by atoms with E-state index in [1.54, 1.807) is 0 Å². The van der Waals surface area contributed by atoms with Crippen molar-refractivity contribution >= 4 is 24.8 Å². The van der Waals surface area contributed by atoms with Crippen molar-refractivity contribution in [2.75, 3.05) is 0 Å². The maximum atomic E-state index is 2.99. The van der Waals surface area contributed by atoms with Crippen LogP contribution < -0.4 is 24.8 Å². The molecule has 0 N–H and O–H groups in total. The van der Waals surface area contributed by atoms with Crippen molar-refractivity contribution in [3.63, 3.8) is 0 Å². The van der Waals surface area contributed by atoms with E-state index in [1.165, 1.54) is 93.5 Å². The second-order valence-corrected chi connectivity index (χ2v) is 16.7. The molecule has 0 aliphatic heterocycles. The van der Waals surface area contributed by atoms with Crippen molar-refractivity contribution < 1.29 is 49.0 Å². The van der Waals surface area contributed by atoms with Crippen molar-refractivity contribution in [2.45, 2.75) is 58.8 Å². The molecule has 0 atom stereocenters. The van der Waals surface area contributed by atoms with Crippen LogP contribution in [-0.4, -0.2) is 3.21 Å². The number of rotatable bonds is 4. The molecule has 1 aliphatic carbocycles. The van der Waals surface area contributed by atoms with Crippen LogP contribution in [0.3, 0.4) is 0 Å². The summed E-state index contributed by atoms with van der Waals surface area (Å²) in [6.07, 6.45) is 10.0. The molecular formula is C51H48Cl2Zr-2. The number of allylic oxidation sites excluding steroid dienone is 4. The Labute approximate surface area is 350 Å². The Bertz CT molecular complexity index is 2160. The molecular weight excluding hydrogens is 775 g/mol. The van der Waals surface area contributed by atoms with E-state index in [0.29, 0.717) is 0 Å². The van der Waals surface area contributed by atoms with E-state index >= 15 is 0 Å². The van der Waals surface area contributed by atoms with Gasteiger partial charge in [-0.2, -0.15) is 6.08 Å². The third-order valence-corrected chi connectivity index (χ3v) is 10.9. The van der Waals surface area contributed by atoms with Gasteiger partial charge in [-0.3, -0.25) is 6.08 Å². The molecule has 0 radical (unpaired) electrons. The van der Waals surface area contributed by atoms with Gasteiger partial charge in [0.1, 0.15) is 0 Å². The molecule has 7 aromatic carbocycles. The van der Waals surface area contributed by atoms with Crippen LogP contribution in [0.4, 0.5) is 0 Å². The van der Waals surface area contributed by atoms with Crippen LogP contribution in [0.15, 0.2) is 170 Å². The minimum atomic E-state index is 0. The number of halogens is 2. The van der Waals surface area contributed by atoms with Crippen LogP contribution in [0.25, 0.3) is 43.8 Å². The average Bonchev–Trinajstić information content (AvgIpc) is 3.86. The summed E-state index contributed by atoms with van der Waals surface area (Å²) in [5.74, 6) is 0. The molecule has 0 saturated heterocycles. The van der Waals surface area contributed by atoms with Crippen LogP contribution in [0, 0.1) is 6.08 Å². The molecule has 7 aromatic rings. The molecule has 8 rings (SSSR count). The number of hydrogen-bond acceptors (Lipinski definition) is 0. The summed E-state index contributed by atoms with van der Waals surface area (Å²) in [5, 5.41) is 5.36. The van der Waals surface area contributed by atoms with Gasteiger partial charge in [-0.05, 0) is 44.2 Å². The molecule has 1 aliphatic rings. The SMILES string of the molecule is CC(C)(C)c1cc2c(cc1-c1ccccc1)[cH-]c1cc(-c3ccccc3)c(C(C)(C)C)cc12.[C-]1=CC=CC1.[Cl-].[Cl-].[Zr+2]=[C](c1ccccc1)c1ccccc1. The van der Waals surface area contributed by atoms with Gasteiger partial charge in [-0.1, -0.05) is 114 Å². The van der Waals surface area contributed by atoms with Crippen molar-refractivity contribution in [1.82, 2.24) is 0 Å². The molecule has 0 heterocycles. The Balaban J connectivity index is 0.000000255. The van der Waals surface area contributed by atoms with Gasteiger partial charge in [0.05, 0.1) is 0 Å². The molecule has 0 amide bonds. The molecule has 272 valence electrons. The Morgan fingerprint density at radius 3 is 1.20 bits per heavy atom. The predicted octanol–water partition coefficient (Wildman–Crippen LogP) is 7.76. The molecule has 3 heteroatoms. The quantitative estimate of drug-likeness (QED) is 0.160. The van der Waals surface area contributed by atoms with Gasteiger partial charge in [0.25, 0.3) is 0 Å². The Morgan fingerprint density at radius 2 is 0.907 bits per heavy atom. The van der Waals surface area contributed by atoms with Crippen molar-refractivity contribution in [2.24, 2.45) is 0 Å². The van der Waals surface area contributed by atoms with E-state index < -0.39 is 0 Å². The van der Waals surface area contributed by atoms with E-state index in [4.69, 9.17) is 0 Å². The zero-order valence-corrected chi connectivity index (χ0v) is 36.1. The minimum absolute atomic E-state index is 0. The summed E-state index contributed by atoms with van der Waals surface area (Å²) in [6.45, 7) is 13.9. The van der Waals surface area contributed by atoms with Gasteiger partial charge in [0, 0.05) is 0 Å². The van der Waals surface area contributed by atoms with E-state index in [9.17, 15) is 0 Å². The van der Waals surface area contributed by atoms with E-state index in [2.05, 4.69) is 205 Å². The standard InChI is InChI=1S/C33H33.C13H10.C5H5.2ClH.Zr/c1-32(2,3)30-20-26-24(18-28(30)22-13-9-7-10-14-22)17-25-19-29(23-15-11-8-12-16-23)31(21-27(25)26)33(4,5)6;1-3-7-12(8-4-1)11-13-9-5-2-6-10-13;1-2-4-5-3-1;;;/h7-21H,1-6H3;1-10H;1-3H,4H2;2*1H;/q-1;;-1;;;+2/p-2. The second kappa shape index (κ2) is 19.0. The first-order valence-corrected chi connectivity index (χ1v) is 19.5. The van der Waals surface area contributed by atoms with Gasteiger partial charge in [0.2, 0.25) is 0 Å². The zero-order valence-electron chi connectivity index (χ0n) is 32.1. The molecule has 0 aromatic heterocycles. The molecule has 0 fully saturated rings. The Morgan fingerprint density at radius 1 is 0.537 bits per heavy atom. The normalized spacial score (nSPS) is 11.9. The third-order valence-electron chi connectivity index (χ3n) is 9.48. The van der Waals surface area contributed by atoms with Gasteiger partial charge < -0.3 is 24.8 Å². The van der Waals surface area contributed by atoms with Gasteiger partial charge >= 0.3 is 99.2 Å². The molecule has 54 heavy (non-hydrogen) atoms. The number of fused-ring (bicyclic) bond motifs is 3. The van der Waals surface area contributed by atoms with Crippen molar-refractivity contribution in [1.29, 1.82) is 0 Å². The summed E-state index contributed by atoms with van der Waals surface area (Å²) in [7, 11) is 0. The number of benzene rings is 6. The van der Waals surface area contributed by atoms with Crippen LogP contribution in [0.1, 0.15) is 70.2 Å². The van der Waals surface area contributed by atoms with E-state index in [0.717, 1.165) is 6.42 Å². The van der Waals surface area contributed by atoms with Crippen molar-refractivity contribution in [3.8, 4) is 22.3 Å². The molecule has 0 spiro atoms. The average molecular weight is 823 g/mol. The summed E-state index contributed by atoms with van der Waals surface area (Å²) in [5.41, 5.74) is 10.8. The fourth-order valence-corrected chi connectivity index (χ4v) is 7.60. The Hall–Kier alpha value is -4.00. The zero-order chi connectivity index (χ0) is 36.7. The first-order valence-electron chi connectivity index (χ1n) is 18.2. The van der Waals surface area contributed by atoms with Crippen LogP contribution in [0.5, 0.6) is 0 Å². The van der Waals surface area contributed by atoms with E-state index in [-0.39, 0.29) is 35.6 Å². The fourth-order valence-electron chi connectivity index (χ4n) is 6.78. The van der Waals surface area contributed by atoms with Gasteiger partial charge in [-0.15, -0.1) is 46.2 Å². The molecule has 0 nitrogen and oxygen atoms in total. The maximum absolute atomic E-state index is 2.99. The van der Waals surface area contributed by atoms with E-state index in [1.807, 2.05) is 12.2 Å². The molecule has 0 saturated carbocycles. The van der Waals surface area contributed by atoms with Crippen LogP contribution in [-0.2, 0) is 35.1 Å². The monoisotopic (exact) mass is 820 g/mol. The summed E-state index contributed by atoms with van der Waals surface area (Å²) in [6, 6.07) is 54.8. The topological polar surface area (TPSA) is 0 Å². The molecule has 0 unspecified atom stereocenters. The van der Waals surface area contributed by atoms with Gasteiger partial charge in [-0.25, -0.2) is 12.2 Å². The van der Waals surface area contributed by atoms with Crippen LogP contribution >= 0.6 is 0 Å². The summed E-state index contributed by atoms with van der Waals surface area (Å²) < 4.78 is 1.42. The fraction of sp³-hybridized carbons (Fsp3) is 0.176. The predicted molar refractivity (Wildman–Crippen MR) is 223 cm³/mol. The molecule has 0 bridgehead atoms. The van der Waals surface area contributed by atoms with Crippen molar-refractivity contribution in [3.05, 3.63) is 198 Å². The second-order valence-electron chi connectivity index (χ2n) is 15.5. The first kappa shape index (κ1) is 42.7. The first-order chi connectivity index (χ1) is 25.0. The third kappa shape index (κ3) is 10.4. The Kier molecular flexibility index (Phi) is 15.1. The van der Waals surface area contributed by atoms with Gasteiger partial charge in [0.15, 0.2) is 0 Å².